The Hall–Kier alpha value is -2.93. The quantitative estimate of drug-likeness (QED) is 0.309. The lowest BCUT2D eigenvalue weighted by Gasteiger charge is -2.36. The Balaban J connectivity index is 1.56. The Labute approximate surface area is 192 Å². The van der Waals surface area contributed by atoms with Crippen LogP contribution in [0.4, 0.5) is 10.1 Å². The summed E-state index contributed by atoms with van der Waals surface area (Å²) in [6.45, 7) is 6.15. The average Bonchev–Trinajstić information content (AvgIpc) is 3.00. The topological polar surface area (TPSA) is 44.9 Å². The molecule has 2 aliphatic heterocycles. The normalized spacial score (nSPS) is 15.9. The third-order valence-corrected chi connectivity index (χ3v) is 7.06. The Bertz CT molecular complexity index is 1180. The van der Waals surface area contributed by atoms with E-state index in [9.17, 15) is 4.39 Å². The molecule has 1 saturated heterocycles. The summed E-state index contributed by atoms with van der Waals surface area (Å²) in [7, 11) is 0. The van der Waals surface area contributed by atoms with Crippen LogP contribution in [0.15, 0.2) is 88.1 Å². The first-order chi connectivity index (χ1) is 15.6. The van der Waals surface area contributed by atoms with E-state index in [-0.39, 0.29) is 5.82 Å². The van der Waals surface area contributed by atoms with Gasteiger partial charge in [-0.25, -0.2) is 25.4 Å². The Morgan fingerprint density at radius 3 is 2.50 bits per heavy atom. The molecule has 0 atom stereocenters. The first-order valence-corrected chi connectivity index (χ1v) is 11.7. The maximum absolute atomic E-state index is 13.6. The molecule has 0 bridgehead atoms. The lowest BCUT2D eigenvalue weighted by molar-refractivity contribution is 0.0147. The number of halogens is 1. The van der Waals surface area contributed by atoms with Gasteiger partial charge in [0, 0.05) is 39.6 Å². The molecular weight excluding hydrogens is 419 g/mol. The molecule has 0 saturated carbocycles. The standard InChI is InChI=1S/C26H25FN4S/c1-18(31(28)30-15-5-2-6-16-30)20-11-14-25-23(17-20)29-26(19-9-12-21(27)13-10-19)22-7-3-4-8-24(22)32-25/h3-4,7-14,17H,1-2,5-6,15-16,28H2. The third-order valence-electron chi connectivity index (χ3n) is 5.92. The van der Waals surface area contributed by atoms with Crippen LogP contribution in [0.5, 0.6) is 0 Å². The Kier molecular flexibility index (Phi) is 5.83. The molecular formula is C26H25FN4S. The van der Waals surface area contributed by atoms with Crippen molar-refractivity contribution in [2.45, 2.75) is 29.1 Å². The smallest absolute Gasteiger partial charge is 0.123 e. The van der Waals surface area contributed by atoms with Gasteiger partial charge >= 0.3 is 0 Å². The van der Waals surface area contributed by atoms with Gasteiger partial charge in [0.05, 0.1) is 17.1 Å². The van der Waals surface area contributed by atoms with Gasteiger partial charge in [-0.2, -0.15) is 0 Å². The van der Waals surface area contributed by atoms with Crippen LogP contribution in [0, 0.1) is 5.82 Å². The fourth-order valence-electron chi connectivity index (χ4n) is 4.14. The highest BCUT2D eigenvalue weighted by atomic mass is 32.2. The van der Waals surface area contributed by atoms with Gasteiger partial charge in [0.1, 0.15) is 5.82 Å². The molecule has 0 spiro atoms. The van der Waals surface area contributed by atoms with Crippen LogP contribution in [0.3, 0.4) is 0 Å². The number of rotatable bonds is 4. The van der Waals surface area contributed by atoms with Gasteiger partial charge in [-0.1, -0.05) is 49.0 Å². The van der Waals surface area contributed by atoms with Gasteiger partial charge in [-0.05, 0) is 55.3 Å². The number of fused-ring (bicyclic) bond motifs is 2. The molecule has 0 amide bonds. The van der Waals surface area contributed by atoms with Crippen molar-refractivity contribution in [1.29, 1.82) is 0 Å². The van der Waals surface area contributed by atoms with Crippen LogP contribution in [0.25, 0.3) is 5.70 Å². The maximum atomic E-state index is 13.6. The number of aliphatic imine (C=N–C) groups is 1. The van der Waals surface area contributed by atoms with Gasteiger partial charge in [0.2, 0.25) is 0 Å². The van der Waals surface area contributed by atoms with Crippen LogP contribution in [-0.2, 0) is 0 Å². The second-order valence-corrected chi connectivity index (χ2v) is 9.14. The highest BCUT2D eigenvalue weighted by Crippen LogP contribution is 2.42. The molecule has 0 aromatic heterocycles. The van der Waals surface area contributed by atoms with E-state index >= 15 is 0 Å². The van der Waals surface area contributed by atoms with E-state index in [1.165, 1.54) is 18.6 Å². The minimum atomic E-state index is -0.259. The van der Waals surface area contributed by atoms with Gasteiger partial charge in [-0.15, -0.1) is 0 Å². The van der Waals surface area contributed by atoms with Crippen molar-refractivity contribution in [2.24, 2.45) is 10.8 Å². The van der Waals surface area contributed by atoms with Crippen molar-refractivity contribution in [3.05, 3.63) is 95.8 Å². The van der Waals surface area contributed by atoms with Crippen LogP contribution in [0.2, 0.25) is 0 Å². The summed E-state index contributed by atoms with van der Waals surface area (Å²) in [6.07, 6.45) is 3.53. The minimum Gasteiger partial charge on any atom is -0.247 e. The van der Waals surface area contributed by atoms with E-state index in [2.05, 4.69) is 35.9 Å². The molecule has 2 N–H and O–H groups in total. The van der Waals surface area contributed by atoms with Gasteiger partial charge in [0.25, 0.3) is 0 Å². The molecule has 5 rings (SSSR count). The average molecular weight is 445 g/mol. The fourth-order valence-corrected chi connectivity index (χ4v) is 5.15. The predicted octanol–water partition coefficient (Wildman–Crippen LogP) is 6.01. The summed E-state index contributed by atoms with van der Waals surface area (Å²) >= 11 is 1.69. The zero-order chi connectivity index (χ0) is 22.1. The number of hydrogen-bond acceptors (Lipinski definition) is 5. The van der Waals surface area contributed by atoms with E-state index in [0.717, 1.165) is 69.5 Å². The summed E-state index contributed by atoms with van der Waals surface area (Å²) in [5, 5.41) is 3.83. The van der Waals surface area contributed by atoms with E-state index in [0.29, 0.717) is 0 Å². The molecule has 3 aromatic rings. The predicted molar refractivity (Wildman–Crippen MR) is 129 cm³/mol. The van der Waals surface area contributed by atoms with Gasteiger partial charge in [0.15, 0.2) is 0 Å². The van der Waals surface area contributed by atoms with Crippen molar-refractivity contribution >= 4 is 28.9 Å². The lowest BCUT2D eigenvalue weighted by atomic mass is 10.0. The highest BCUT2D eigenvalue weighted by Gasteiger charge is 2.21. The molecule has 4 nitrogen and oxygen atoms in total. The summed E-state index contributed by atoms with van der Waals surface area (Å²) in [4.78, 5) is 7.24. The molecule has 0 aliphatic carbocycles. The summed E-state index contributed by atoms with van der Waals surface area (Å²) < 4.78 is 13.6. The number of nitrogens with zero attached hydrogens (tertiary/aromatic N) is 3. The van der Waals surface area contributed by atoms with E-state index in [1.54, 1.807) is 29.0 Å². The summed E-state index contributed by atoms with van der Waals surface area (Å²) in [5.41, 5.74) is 5.29. The number of benzene rings is 3. The number of hydrazine groups is 2. The van der Waals surface area contributed by atoms with Crippen molar-refractivity contribution < 1.29 is 4.39 Å². The third kappa shape index (κ3) is 4.09. The van der Waals surface area contributed by atoms with Crippen LogP contribution in [0.1, 0.15) is 36.0 Å². The van der Waals surface area contributed by atoms with Crippen molar-refractivity contribution in [2.75, 3.05) is 13.1 Å². The molecule has 32 heavy (non-hydrogen) atoms. The van der Waals surface area contributed by atoms with Crippen molar-refractivity contribution in [3.8, 4) is 0 Å². The van der Waals surface area contributed by atoms with Gasteiger partial charge in [-0.3, -0.25) is 0 Å². The second-order valence-electron chi connectivity index (χ2n) is 8.05. The largest absolute Gasteiger partial charge is 0.247 e. The van der Waals surface area contributed by atoms with Crippen LogP contribution < -0.4 is 5.84 Å². The lowest BCUT2D eigenvalue weighted by Crippen LogP contribution is -2.48. The Morgan fingerprint density at radius 1 is 0.969 bits per heavy atom. The zero-order valence-corrected chi connectivity index (χ0v) is 18.6. The molecule has 6 heteroatoms. The molecule has 1 fully saturated rings. The fraction of sp³-hybridized carbons (Fsp3) is 0.192. The second kappa shape index (κ2) is 8.90. The van der Waals surface area contributed by atoms with Crippen molar-refractivity contribution in [1.82, 2.24) is 10.1 Å². The summed E-state index contributed by atoms with van der Waals surface area (Å²) in [5.74, 6) is 6.16. The van der Waals surface area contributed by atoms with Crippen LogP contribution >= 0.6 is 11.8 Å². The van der Waals surface area contributed by atoms with E-state index in [4.69, 9.17) is 10.8 Å². The van der Waals surface area contributed by atoms with Crippen molar-refractivity contribution in [3.63, 3.8) is 0 Å². The van der Waals surface area contributed by atoms with E-state index < -0.39 is 0 Å². The molecule has 2 aliphatic rings. The minimum absolute atomic E-state index is 0.259. The molecule has 0 radical (unpaired) electrons. The zero-order valence-electron chi connectivity index (χ0n) is 17.8. The first kappa shape index (κ1) is 20.9. The highest BCUT2D eigenvalue weighted by molar-refractivity contribution is 7.99. The molecule has 3 aromatic carbocycles. The maximum Gasteiger partial charge on any atom is 0.123 e. The molecule has 162 valence electrons. The van der Waals surface area contributed by atoms with E-state index in [1.807, 2.05) is 18.2 Å². The number of piperidine rings is 1. The van der Waals surface area contributed by atoms with Gasteiger partial charge < -0.3 is 0 Å². The number of hydrogen-bond donors (Lipinski definition) is 1. The summed E-state index contributed by atoms with van der Waals surface area (Å²) in [6, 6.07) is 20.9. The molecule has 2 heterocycles. The monoisotopic (exact) mass is 444 g/mol. The Morgan fingerprint density at radius 2 is 1.72 bits per heavy atom. The number of nitrogens with two attached hydrogens (primary N) is 1. The SMILES string of the molecule is C=C(c1ccc2c(c1)N=C(c1ccc(F)cc1)c1ccccc1S2)N(N)N1CCCCC1. The van der Waals surface area contributed by atoms with Crippen LogP contribution in [-0.4, -0.2) is 28.9 Å². The first-order valence-electron chi connectivity index (χ1n) is 10.8. The molecule has 0 unspecified atom stereocenters.